The maximum atomic E-state index is 12.6. The minimum absolute atomic E-state index is 0.0145. The molecule has 0 fully saturated rings. The summed E-state index contributed by atoms with van der Waals surface area (Å²) >= 11 is 0.837. The summed E-state index contributed by atoms with van der Waals surface area (Å²) in [6.45, 7) is 1.00. The fraction of sp³-hybridized carbons (Fsp3) is 0.231. The molecule has 1 aromatic heterocycles. The van der Waals surface area contributed by atoms with E-state index in [0.717, 1.165) is 48.7 Å². The standard InChI is InChI=1S/C13H11F3N2O3S2/c1-8(13(14,15)16)9-2-4-10(5-3-9)12(19)18-23(20,21)11-6-17-7-22-11/h2-8H,1H3,(H,18,19). The van der Waals surface area contributed by atoms with Gasteiger partial charge in [-0.05, 0) is 24.6 Å². The molecule has 23 heavy (non-hydrogen) atoms. The van der Waals surface area contributed by atoms with E-state index in [1.165, 1.54) is 5.51 Å². The zero-order valence-corrected chi connectivity index (χ0v) is 13.3. The third-order valence-corrected chi connectivity index (χ3v) is 5.67. The number of carbonyl (C=O) groups excluding carboxylic acids is 1. The van der Waals surface area contributed by atoms with E-state index in [-0.39, 0.29) is 15.3 Å². The van der Waals surface area contributed by atoms with Crippen molar-refractivity contribution in [2.24, 2.45) is 0 Å². The Bertz CT molecular complexity index is 785. The Balaban J connectivity index is 2.15. The van der Waals surface area contributed by atoms with E-state index < -0.39 is 28.0 Å². The van der Waals surface area contributed by atoms with Crippen LogP contribution in [-0.2, 0) is 10.0 Å². The fourth-order valence-electron chi connectivity index (χ4n) is 1.68. The number of thiazole rings is 1. The monoisotopic (exact) mass is 364 g/mol. The number of carbonyl (C=O) groups is 1. The fourth-order valence-corrected chi connectivity index (χ4v) is 3.45. The molecule has 0 aliphatic rings. The van der Waals surface area contributed by atoms with Crippen molar-refractivity contribution in [1.82, 2.24) is 9.71 Å². The van der Waals surface area contributed by atoms with Crippen LogP contribution in [0.1, 0.15) is 28.8 Å². The number of nitrogens with one attached hydrogen (secondary N) is 1. The largest absolute Gasteiger partial charge is 0.395 e. The number of nitrogens with zero attached hydrogens (tertiary/aromatic N) is 1. The maximum absolute atomic E-state index is 12.6. The van der Waals surface area contributed by atoms with Crippen LogP contribution < -0.4 is 4.72 Å². The highest BCUT2D eigenvalue weighted by Gasteiger charge is 2.36. The Kier molecular flexibility index (Phi) is 4.76. The van der Waals surface area contributed by atoms with Gasteiger partial charge in [-0.1, -0.05) is 12.1 Å². The normalized spacial score (nSPS) is 13.6. The van der Waals surface area contributed by atoms with Gasteiger partial charge in [0.05, 0.1) is 17.6 Å². The van der Waals surface area contributed by atoms with Crippen LogP contribution in [-0.4, -0.2) is 25.5 Å². The third kappa shape index (κ3) is 4.08. The van der Waals surface area contributed by atoms with Crippen LogP contribution in [0, 0.1) is 0 Å². The van der Waals surface area contributed by atoms with Gasteiger partial charge >= 0.3 is 6.18 Å². The van der Waals surface area contributed by atoms with E-state index in [0.29, 0.717) is 0 Å². The number of benzene rings is 1. The highest BCUT2D eigenvalue weighted by Crippen LogP contribution is 2.34. The summed E-state index contributed by atoms with van der Waals surface area (Å²) < 4.78 is 63.3. The second kappa shape index (κ2) is 6.28. The summed E-state index contributed by atoms with van der Waals surface area (Å²) in [4.78, 5) is 15.5. The molecule has 0 radical (unpaired) electrons. The molecule has 1 aromatic carbocycles. The second-order valence-electron chi connectivity index (χ2n) is 4.64. The number of amides is 1. The molecule has 0 saturated carbocycles. The van der Waals surface area contributed by atoms with Crippen molar-refractivity contribution in [2.45, 2.75) is 23.2 Å². The number of halogens is 3. The summed E-state index contributed by atoms with van der Waals surface area (Å²) in [7, 11) is -4.04. The number of rotatable bonds is 4. The molecule has 10 heteroatoms. The van der Waals surface area contributed by atoms with Crippen molar-refractivity contribution in [3.05, 3.63) is 47.1 Å². The van der Waals surface area contributed by atoms with Crippen molar-refractivity contribution in [3.8, 4) is 0 Å². The van der Waals surface area contributed by atoms with Crippen molar-refractivity contribution >= 4 is 27.3 Å². The van der Waals surface area contributed by atoms with Gasteiger partial charge < -0.3 is 0 Å². The van der Waals surface area contributed by atoms with Gasteiger partial charge in [-0.25, -0.2) is 13.1 Å². The lowest BCUT2D eigenvalue weighted by Crippen LogP contribution is -2.30. The van der Waals surface area contributed by atoms with Crippen LogP contribution in [0.5, 0.6) is 0 Å². The molecule has 1 heterocycles. The average molecular weight is 364 g/mol. The van der Waals surface area contributed by atoms with E-state index >= 15 is 0 Å². The highest BCUT2D eigenvalue weighted by molar-refractivity contribution is 7.92. The number of alkyl halides is 3. The topological polar surface area (TPSA) is 76.1 Å². The van der Waals surface area contributed by atoms with Gasteiger partial charge in [0.25, 0.3) is 15.9 Å². The minimum Gasteiger partial charge on any atom is -0.268 e. The van der Waals surface area contributed by atoms with Gasteiger partial charge in [0.1, 0.15) is 0 Å². The molecule has 1 amide bonds. The van der Waals surface area contributed by atoms with Gasteiger partial charge in [0.15, 0.2) is 4.21 Å². The number of aromatic nitrogens is 1. The molecule has 0 aliphatic carbocycles. The molecule has 1 unspecified atom stereocenters. The van der Waals surface area contributed by atoms with Crippen molar-refractivity contribution in [2.75, 3.05) is 0 Å². The lowest BCUT2D eigenvalue weighted by atomic mass is 9.99. The van der Waals surface area contributed by atoms with E-state index in [9.17, 15) is 26.4 Å². The van der Waals surface area contributed by atoms with Gasteiger partial charge in [-0.3, -0.25) is 9.78 Å². The van der Waals surface area contributed by atoms with E-state index in [2.05, 4.69) is 4.98 Å². The summed E-state index contributed by atoms with van der Waals surface area (Å²) in [5.41, 5.74) is 1.22. The molecule has 0 saturated heterocycles. The molecular formula is C13H11F3N2O3S2. The first-order valence-electron chi connectivity index (χ1n) is 6.23. The molecule has 124 valence electrons. The first-order valence-corrected chi connectivity index (χ1v) is 8.60. The van der Waals surface area contributed by atoms with Gasteiger partial charge in [0, 0.05) is 5.56 Å². The van der Waals surface area contributed by atoms with Gasteiger partial charge in [-0.2, -0.15) is 13.2 Å². The maximum Gasteiger partial charge on any atom is 0.395 e. The molecule has 2 rings (SSSR count). The van der Waals surface area contributed by atoms with Crippen molar-refractivity contribution < 1.29 is 26.4 Å². The predicted octanol–water partition coefficient (Wildman–Crippen LogP) is 2.93. The Labute approximate surface area is 134 Å². The van der Waals surface area contributed by atoms with Crippen molar-refractivity contribution in [3.63, 3.8) is 0 Å². The first kappa shape index (κ1) is 17.4. The van der Waals surface area contributed by atoms with Crippen LogP contribution in [0.25, 0.3) is 0 Å². The second-order valence-corrected chi connectivity index (χ2v) is 7.44. The van der Waals surface area contributed by atoms with Crippen LogP contribution in [0.4, 0.5) is 13.2 Å². The average Bonchev–Trinajstić information content (AvgIpc) is 3.00. The summed E-state index contributed by atoms with van der Waals surface area (Å²) in [6, 6.07) is 4.59. The lowest BCUT2D eigenvalue weighted by molar-refractivity contribution is -0.146. The Morgan fingerprint density at radius 1 is 1.26 bits per heavy atom. The molecule has 0 aliphatic heterocycles. The first-order chi connectivity index (χ1) is 10.6. The van der Waals surface area contributed by atoms with Crippen LogP contribution in [0.15, 0.2) is 40.2 Å². The van der Waals surface area contributed by atoms with E-state index in [1.54, 1.807) is 0 Å². The third-order valence-electron chi connectivity index (χ3n) is 3.07. The Morgan fingerprint density at radius 2 is 1.87 bits per heavy atom. The zero-order valence-electron chi connectivity index (χ0n) is 11.7. The zero-order chi connectivity index (χ0) is 17.3. The molecule has 1 N–H and O–H groups in total. The molecule has 2 aromatic rings. The van der Waals surface area contributed by atoms with Gasteiger partial charge in [0.2, 0.25) is 0 Å². The van der Waals surface area contributed by atoms with Crippen molar-refractivity contribution in [1.29, 1.82) is 0 Å². The number of hydrogen-bond donors (Lipinski definition) is 1. The van der Waals surface area contributed by atoms with Crippen LogP contribution in [0.3, 0.4) is 0 Å². The number of hydrogen-bond acceptors (Lipinski definition) is 5. The lowest BCUT2D eigenvalue weighted by Gasteiger charge is -2.16. The molecular weight excluding hydrogens is 353 g/mol. The molecule has 0 spiro atoms. The smallest absolute Gasteiger partial charge is 0.268 e. The Morgan fingerprint density at radius 3 is 2.35 bits per heavy atom. The van der Waals surface area contributed by atoms with Gasteiger partial charge in [-0.15, -0.1) is 11.3 Å². The van der Waals surface area contributed by atoms with Crippen LogP contribution >= 0.6 is 11.3 Å². The molecule has 5 nitrogen and oxygen atoms in total. The quantitative estimate of drug-likeness (QED) is 0.905. The minimum atomic E-state index is -4.39. The molecule has 0 bridgehead atoms. The Hall–Kier alpha value is -1.94. The van der Waals surface area contributed by atoms with Crippen LogP contribution in [0.2, 0.25) is 0 Å². The summed E-state index contributed by atoms with van der Waals surface area (Å²) in [5, 5.41) is 0. The summed E-state index contributed by atoms with van der Waals surface area (Å²) in [5.74, 6) is -2.61. The predicted molar refractivity (Wildman–Crippen MR) is 77.7 cm³/mol. The number of sulfonamides is 1. The van der Waals surface area contributed by atoms with E-state index in [1.807, 2.05) is 4.72 Å². The van der Waals surface area contributed by atoms with E-state index in [4.69, 9.17) is 0 Å². The summed E-state index contributed by atoms with van der Waals surface area (Å²) in [6.07, 6.45) is -3.30. The molecule has 1 atom stereocenters. The highest BCUT2D eigenvalue weighted by atomic mass is 32.2. The SMILES string of the molecule is CC(c1ccc(C(=O)NS(=O)(=O)c2cncs2)cc1)C(F)(F)F.